The van der Waals surface area contributed by atoms with Crippen molar-refractivity contribution in [1.82, 2.24) is 15.8 Å². The molecular weight excluding hydrogens is 275 g/mol. The van der Waals surface area contributed by atoms with Gasteiger partial charge in [0.2, 0.25) is 0 Å². The van der Waals surface area contributed by atoms with E-state index in [0.29, 0.717) is 0 Å². The summed E-state index contributed by atoms with van der Waals surface area (Å²) in [7, 11) is 0. The summed E-state index contributed by atoms with van der Waals surface area (Å²) in [5.74, 6) is 0. The van der Waals surface area contributed by atoms with E-state index in [1.54, 1.807) is 20.8 Å². The zero-order valence-corrected chi connectivity index (χ0v) is 11.3. The molecule has 0 aliphatic heterocycles. The minimum Gasteiger partial charge on any atom is -0.443 e. The van der Waals surface area contributed by atoms with Crippen molar-refractivity contribution < 1.29 is 22.7 Å². The Labute approximate surface area is 114 Å². The van der Waals surface area contributed by atoms with Crippen molar-refractivity contribution in [1.29, 1.82) is 0 Å². The first-order valence-corrected chi connectivity index (χ1v) is 5.83. The van der Waals surface area contributed by atoms with E-state index in [1.807, 2.05) is 0 Å². The molecule has 112 valence electrons. The Morgan fingerprint density at radius 2 is 1.95 bits per heavy atom. The Hall–Kier alpha value is -1.83. The van der Waals surface area contributed by atoms with Gasteiger partial charge < -0.3 is 4.74 Å². The van der Waals surface area contributed by atoms with Crippen molar-refractivity contribution >= 4 is 6.09 Å². The van der Waals surface area contributed by atoms with Gasteiger partial charge in [0.05, 0.1) is 12.2 Å². The van der Waals surface area contributed by atoms with Crippen LogP contribution in [0.5, 0.6) is 0 Å². The molecule has 0 aliphatic rings. The molecule has 0 bridgehead atoms. The number of aromatic nitrogens is 1. The van der Waals surface area contributed by atoms with Crippen molar-refractivity contribution in [2.24, 2.45) is 0 Å². The molecule has 1 rings (SSSR count). The summed E-state index contributed by atoms with van der Waals surface area (Å²) in [6.45, 7) is 5.03. The highest BCUT2D eigenvalue weighted by Gasteiger charge is 2.32. The molecule has 20 heavy (non-hydrogen) atoms. The Balaban J connectivity index is 2.49. The molecule has 1 heterocycles. The van der Waals surface area contributed by atoms with E-state index in [-0.39, 0.29) is 12.2 Å². The molecular formula is C12H16F3N3O2. The summed E-state index contributed by atoms with van der Waals surface area (Å²) in [5, 5.41) is 0. The van der Waals surface area contributed by atoms with Gasteiger partial charge in [-0.05, 0) is 32.9 Å². The van der Waals surface area contributed by atoms with Crippen molar-refractivity contribution in [3.63, 3.8) is 0 Å². The molecule has 1 aromatic rings. The van der Waals surface area contributed by atoms with Gasteiger partial charge >= 0.3 is 12.3 Å². The Bertz CT molecular complexity index is 470. The van der Waals surface area contributed by atoms with Gasteiger partial charge in [-0.2, -0.15) is 13.2 Å². The molecule has 1 amide bonds. The molecule has 1 aromatic heterocycles. The number of hydrazine groups is 1. The van der Waals surface area contributed by atoms with Crippen LogP contribution in [-0.4, -0.2) is 16.7 Å². The maximum absolute atomic E-state index is 12.4. The van der Waals surface area contributed by atoms with E-state index in [9.17, 15) is 18.0 Å². The summed E-state index contributed by atoms with van der Waals surface area (Å²) in [6, 6.07) is 3.55. The topological polar surface area (TPSA) is 63.2 Å². The molecule has 0 fully saturated rings. The van der Waals surface area contributed by atoms with Crippen molar-refractivity contribution in [3.8, 4) is 0 Å². The van der Waals surface area contributed by atoms with Crippen LogP contribution in [0.15, 0.2) is 18.2 Å². The third-order valence-corrected chi connectivity index (χ3v) is 1.96. The maximum Gasteiger partial charge on any atom is 0.433 e. The average molecular weight is 291 g/mol. The van der Waals surface area contributed by atoms with Gasteiger partial charge in [-0.15, -0.1) is 0 Å². The first kappa shape index (κ1) is 16.2. The van der Waals surface area contributed by atoms with E-state index in [2.05, 4.69) is 15.8 Å². The quantitative estimate of drug-likeness (QED) is 0.840. The highest BCUT2D eigenvalue weighted by molar-refractivity contribution is 5.66. The third-order valence-electron chi connectivity index (χ3n) is 1.96. The molecule has 0 spiro atoms. The number of amides is 1. The number of hydrogen-bond donors (Lipinski definition) is 2. The van der Waals surface area contributed by atoms with E-state index >= 15 is 0 Å². The summed E-state index contributed by atoms with van der Waals surface area (Å²) < 4.78 is 42.2. The monoisotopic (exact) mass is 291 g/mol. The lowest BCUT2D eigenvalue weighted by atomic mass is 10.2. The lowest BCUT2D eigenvalue weighted by Crippen LogP contribution is -2.40. The fraction of sp³-hybridized carbons (Fsp3) is 0.500. The molecule has 5 nitrogen and oxygen atoms in total. The molecule has 0 atom stereocenters. The smallest absolute Gasteiger partial charge is 0.433 e. The lowest BCUT2D eigenvalue weighted by Gasteiger charge is -2.19. The van der Waals surface area contributed by atoms with Gasteiger partial charge in [0.15, 0.2) is 0 Å². The van der Waals surface area contributed by atoms with Crippen LogP contribution in [0.1, 0.15) is 32.2 Å². The van der Waals surface area contributed by atoms with Crippen LogP contribution in [0, 0.1) is 0 Å². The maximum atomic E-state index is 12.4. The van der Waals surface area contributed by atoms with Crippen LogP contribution in [-0.2, 0) is 17.5 Å². The van der Waals surface area contributed by atoms with E-state index in [0.717, 1.165) is 6.07 Å². The van der Waals surface area contributed by atoms with E-state index < -0.39 is 23.6 Å². The second-order valence-corrected chi connectivity index (χ2v) is 4.99. The fourth-order valence-corrected chi connectivity index (χ4v) is 1.25. The number of pyridine rings is 1. The summed E-state index contributed by atoms with van der Waals surface area (Å²) in [4.78, 5) is 14.7. The average Bonchev–Trinajstić information content (AvgIpc) is 2.25. The Kier molecular flexibility index (Phi) is 4.93. The number of carbonyl (C=O) groups is 1. The summed E-state index contributed by atoms with van der Waals surface area (Å²) in [5.41, 5.74) is 3.18. The largest absolute Gasteiger partial charge is 0.443 e. The molecule has 2 N–H and O–H groups in total. The Morgan fingerprint density at radius 1 is 1.30 bits per heavy atom. The minimum atomic E-state index is -4.49. The van der Waals surface area contributed by atoms with E-state index in [1.165, 1.54) is 12.1 Å². The molecule has 0 radical (unpaired) electrons. The number of ether oxygens (including phenoxy) is 1. The summed E-state index contributed by atoms with van der Waals surface area (Å²) >= 11 is 0. The number of halogens is 3. The number of alkyl halides is 3. The second-order valence-electron chi connectivity index (χ2n) is 4.99. The fourth-order valence-electron chi connectivity index (χ4n) is 1.25. The van der Waals surface area contributed by atoms with Crippen LogP contribution in [0.4, 0.5) is 18.0 Å². The zero-order valence-electron chi connectivity index (χ0n) is 11.3. The predicted octanol–water partition coefficient (Wildman–Crippen LogP) is 2.63. The zero-order chi connectivity index (χ0) is 15.4. The molecule has 0 saturated carbocycles. The molecule has 0 aliphatic carbocycles. The van der Waals surface area contributed by atoms with Gasteiger partial charge in [0.25, 0.3) is 0 Å². The van der Waals surface area contributed by atoms with Gasteiger partial charge in [0.1, 0.15) is 11.3 Å². The number of hydrogen-bond acceptors (Lipinski definition) is 4. The van der Waals surface area contributed by atoms with Crippen LogP contribution in [0.25, 0.3) is 0 Å². The summed E-state index contributed by atoms with van der Waals surface area (Å²) in [6.07, 6.45) is -5.21. The number of carbonyl (C=O) groups excluding carboxylic acids is 1. The van der Waals surface area contributed by atoms with Gasteiger partial charge in [0, 0.05) is 0 Å². The van der Waals surface area contributed by atoms with Crippen molar-refractivity contribution in [2.45, 2.75) is 39.1 Å². The number of rotatable bonds is 3. The van der Waals surface area contributed by atoms with Crippen molar-refractivity contribution in [3.05, 3.63) is 29.6 Å². The standard InChI is InChI=1S/C12H16F3N3O2/c1-11(2,3)20-10(19)18-16-7-8-5-4-6-9(17-8)12(13,14)15/h4-6,16H,7H2,1-3H3,(H,18,19). The SMILES string of the molecule is CC(C)(C)OC(=O)NNCc1cccc(C(F)(F)F)n1. The van der Waals surface area contributed by atoms with E-state index in [4.69, 9.17) is 4.74 Å². The normalized spacial score (nSPS) is 12.1. The Morgan fingerprint density at radius 3 is 2.50 bits per heavy atom. The van der Waals surface area contributed by atoms with Crippen LogP contribution in [0.2, 0.25) is 0 Å². The highest BCUT2D eigenvalue weighted by atomic mass is 19.4. The third kappa shape index (κ3) is 5.87. The van der Waals surface area contributed by atoms with Gasteiger partial charge in [-0.3, -0.25) is 5.43 Å². The first-order chi connectivity index (χ1) is 9.08. The van der Waals surface area contributed by atoms with Crippen LogP contribution < -0.4 is 10.9 Å². The lowest BCUT2D eigenvalue weighted by molar-refractivity contribution is -0.141. The van der Waals surface area contributed by atoms with Gasteiger partial charge in [-0.25, -0.2) is 15.2 Å². The first-order valence-electron chi connectivity index (χ1n) is 5.83. The molecule has 0 saturated heterocycles. The van der Waals surface area contributed by atoms with Crippen LogP contribution in [0.3, 0.4) is 0 Å². The second kappa shape index (κ2) is 6.08. The highest BCUT2D eigenvalue weighted by Crippen LogP contribution is 2.27. The number of nitrogens with zero attached hydrogens (tertiary/aromatic N) is 1. The van der Waals surface area contributed by atoms with Gasteiger partial charge in [-0.1, -0.05) is 6.07 Å². The molecule has 8 heteroatoms. The number of nitrogens with one attached hydrogen (secondary N) is 2. The minimum absolute atomic E-state index is 0.0524. The molecule has 0 aromatic carbocycles. The predicted molar refractivity (Wildman–Crippen MR) is 65.4 cm³/mol. The van der Waals surface area contributed by atoms with Crippen molar-refractivity contribution in [2.75, 3.05) is 0 Å². The molecule has 0 unspecified atom stereocenters. The van der Waals surface area contributed by atoms with Crippen LogP contribution >= 0.6 is 0 Å².